The molecule has 0 aromatic carbocycles. The molecule has 0 aromatic rings. The number of likely N-dealkylation sites (N-methyl/N-ethyl adjacent to an activating group) is 1. The average molecular weight is 180 g/mol. The summed E-state index contributed by atoms with van der Waals surface area (Å²) in [6.07, 6.45) is 1.23. The summed E-state index contributed by atoms with van der Waals surface area (Å²) in [4.78, 5) is 1.80. The maximum atomic E-state index is 10.8. The van der Waals surface area contributed by atoms with Gasteiger partial charge in [-0.2, -0.15) is 0 Å². The Morgan fingerprint density at radius 2 is 2.00 bits per heavy atom. The van der Waals surface area contributed by atoms with Crippen LogP contribution in [0.4, 0.5) is 0 Å². The molecule has 0 saturated carbocycles. The van der Waals surface area contributed by atoms with Crippen LogP contribution in [0.5, 0.6) is 0 Å². The molecule has 68 valence electrons. The van der Waals surface area contributed by atoms with Gasteiger partial charge < -0.3 is 5.73 Å². The van der Waals surface area contributed by atoms with Crippen LogP contribution in [0.3, 0.4) is 0 Å². The van der Waals surface area contributed by atoms with Crippen molar-refractivity contribution >= 4 is 9.84 Å². The van der Waals surface area contributed by atoms with Gasteiger partial charge in [0.1, 0.15) is 5.88 Å². The lowest BCUT2D eigenvalue weighted by Crippen LogP contribution is -2.33. The van der Waals surface area contributed by atoms with Gasteiger partial charge in [0.05, 0.1) is 0 Å². The molecule has 0 aliphatic rings. The average Bonchev–Trinajstić information content (AvgIpc) is 1.84. The van der Waals surface area contributed by atoms with Gasteiger partial charge in [0, 0.05) is 19.3 Å². The molecule has 0 aromatic heterocycles. The molecule has 2 N–H and O–H groups in total. The molecule has 0 bridgehead atoms. The predicted molar refractivity (Wildman–Crippen MR) is 46.0 cm³/mol. The molecule has 0 saturated heterocycles. The van der Waals surface area contributed by atoms with Crippen molar-refractivity contribution in [2.24, 2.45) is 5.73 Å². The summed E-state index contributed by atoms with van der Waals surface area (Å²) in [5, 5.41) is 0. The minimum atomic E-state index is -2.89. The molecule has 0 heterocycles. The molecule has 0 amide bonds. The Morgan fingerprint density at radius 3 is 2.27 bits per heavy atom. The van der Waals surface area contributed by atoms with Crippen LogP contribution in [0.1, 0.15) is 6.92 Å². The molecule has 5 heteroatoms. The van der Waals surface area contributed by atoms with Crippen molar-refractivity contribution in [2.75, 3.05) is 31.8 Å². The van der Waals surface area contributed by atoms with E-state index < -0.39 is 9.84 Å². The smallest absolute Gasteiger partial charge is 0.160 e. The summed E-state index contributed by atoms with van der Waals surface area (Å²) in [7, 11) is -2.89. The van der Waals surface area contributed by atoms with Gasteiger partial charge in [0.15, 0.2) is 9.84 Å². The highest BCUT2D eigenvalue weighted by Crippen LogP contribution is 1.91. The standard InChI is InChI=1S/C6H16N2O2S/c1-3-8(5-4-7)6-11(2,9)10/h3-7H2,1-2H3. The molecular weight excluding hydrogens is 164 g/mol. The summed E-state index contributed by atoms with van der Waals surface area (Å²) < 4.78 is 21.6. The summed E-state index contributed by atoms with van der Waals surface area (Å²) in [5.74, 6) is 0.112. The minimum Gasteiger partial charge on any atom is -0.329 e. The third-order valence-electron chi connectivity index (χ3n) is 1.31. The van der Waals surface area contributed by atoms with E-state index in [1.54, 1.807) is 4.90 Å². The fourth-order valence-corrected chi connectivity index (χ4v) is 1.80. The fraction of sp³-hybridized carbons (Fsp3) is 1.00. The number of hydrogen-bond acceptors (Lipinski definition) is 4. The molecule has 0 spiro atoms. The minimum absolute atomic E-state index is 0.112. The lowest BCUT2D eigenvalue weighted by molar-refractivity contribution is 0.340. The van der Waals surface area contributed by atoms with Crippen molar-refractivity contribution in [1.82, 2.24) is 4.90 Å². The van der Waals surface area contributed by atoms with Crippen molar-refractivity contribution in [3.05, 3.63) is 0 Å². The lowest BCUT2D eigenvalue weighted by Gasteiger charge is -2.17. The van der Waals surface area contributed by atoms with E-state index in [1.165, 1.54) is 6.26 Å². The van der Waals surface area contributed by atoms with E-state index in [-0.39, 0.29) is 5.88 Å². The number of nitrogens with two attached hydrogens (primary N) is 1. The van der Waals surface area contributed by atoms with Crippen molar-refractivity contribution in [2.45, 2.75) is 6.92 Å². The second-order valence-corrected chi connectivity index (χ2v) is 4.66. The first-order valence-corrected chi connectivity index (χ1v) is 5.65. The Balaban J connectivity index is 3.88. The lowest BCUT2D eigenvalue weighted by atomic mass is 10.5. The Kier molecular flexibility index (Phi) is 4.63. The van der Waals surface area contributed by atoms with Crippen molar-refractivity contribution in [1.29, 1.82) is 0 Å². The van der Waals surface area contributed by atoms with Crippen LogP contribution in [0.25, 0.3) is 0 Å². The van der Waals surface area contributed by atoms with Crippen LogP contribution in [0.2, 0.25) is 0 Å². The van der Waals surface area contributed by atoms with Crippen LogP contribution in [0, 0.1) is 0 Å². The molecule has 0 unspecified atom stereocenters. The van der Waals surface area contributed by atoms with Gasteiger partial charge in [0.25, 0.3) is 0 Å². The van der Waals surface area contributed by atoms with Crippen molar-refractivity contribution in [3.63, 3.8) is 0 Å². The second-order valence-electron chi connectivity index (χ2n) is 2.55. The van der Waals surface area contributed by atoms with Crippen LogP contribution in [-0.4, -0.2) is 45.1 Å². The normalized spacial score (nSPS) is 12.4. The molecule has 0 aliphatic heterocycles. The Morgan fingerprint density at radius 1 is 1.45 bits per heavy atom. The quantitative estimate of drug-likeness (QED) is 0.606. The molecule has 11 heavy (non-hydrogen) atoms. The molecule has 0 radical (unpaired) electrons. The molecule has 0 rings (SSSR count). The van der Waals surface area contributed by atoms with E-state index >= 15 is 0 Å². The monoisotopic (exact) mass is 180 g/mol. The first kappa shape index (κ1) is 10.9. The largest absolute Gasteiger partial charge is 0.329 e. The van der Waals surface area contributed by atoms with Gasteiger partial charge in [-0.25, -0.2) is 8.42 Å². The van der Waals surface area contributed by atoms with Crippen molar-refractivity contribution < 1.29 is 8.42 Å². The van der Waals surface area contributed by atoms with Crippen molar-refractivity contribution in [3.8, 4) is 0 Å². The number of nitrogens with zero attached hydrogens (tertiary/aromatic N) is 1. The maximum absolute atomic E-state index is 10.8. The van der Waals surface area contributed by atoms with Gasteiger partial charge in [0.2, 0.25) is 0 Å². The third kappa shape index (κ3) is 6.28. The first-order valence-electron chi connectivity index (χ1n) is 3.59. The predicted octanol–water partition coefficient (Wildman–Crippen LogP) is -0.731. The maximum Gasteiger partial charge on any atom is 0.160 e. The summed E-state index contributed by atoms with van der Waals surface area (Å²) in [6, 6.07) is 0. The first-order chi connectivity index (χ1) is 4.99. The van der Waals surface area contributed by atoms with E-state index in [4.69, 9.17) is 5.73 Å². The molecule has 0 aliphatic carbocycles. The van der Waals surface area contributed by atoms with Gasteiger partial charge in [-0.1, -0.05) is 6.92 Å². The van der Waals surface area contributed by atoms with Crippen LogP contribution >= 0.6 is 0 Å². The van der Waals surface area contributed by atoms with Crippen LogP contribution < -0.4 is 5.73 Å². The zero-order valence-corrected chi connectivity index (χ0v) is 7.89. The molecular formula is C6H16N2O2S. The van der Waals surface area contributed by atoms with E-state index in [0.717, 1.165) is 6.54 Å². The zero-order valence-electron chi connectivity index (χ0n) is 7.08. The Labute approximate surface area is 68.3 Å². The molecule has 0 atom stereocenters. The van der Waals surface area contributed by atoms with Crippen LogP contribution in [0.15, 0.2) is 0 Å². The second kappa shape index (κ2) is 4.69. The summed E-state index contributed by atoms with van der Waals surface area (Å²) >= 11 is 0. The van der Waals surface area contributed by atoms with Gasteiger partial charge in [-0.15, -0.1) is 0 Å². The highest BCUT2D eigenvalue weighted by Gasteiger charge is 2.08. The van der Waals surface area contributed by atoms with Gasteiger partial charge in [-0.05, 0) is 6.54 Å². The summed E-state index contributed by atoms with van der Waals surface area (Å²) in [5.41, 5.74) is 5.29. The third-order valence-corrected chi connectivity index (χ3v) is 2.14. The SMILES string of the molecule is CCN(CCN)CS(C)(=O)=O. The zero-order chi connectivity index (χ0) is 8.91. The van der Waals surface area contributed by atoms with E-state index in [9.17, 15) is 8.42 Å². The highest BCUT2D eigenvalue weighted by atomic mass is 32.2. The number of rotatable bonds is 5. The fourth-order valence-electron chi connectivity index (χ4n) is 0.828. The number of hydrogen-bond donors (Lipinski definition) is 1. The molecule has 0 fully saturated rings. The number of sulfone groups is 1. The summed E-state index contributed by atoms with van der Waals surface area (Å²) in [6.45, 7) is 3.79. The molecule has 4 nitrogen and oxygen atoms in total. The van der Waals surface area contributed by atoms with Crippen LogP contribution in [-0.2, 0) is 9.84 Å². The topological polar surface area (TPSA) is 63.4 Å². The van der Waals surface area contributed by atoms with Gasteiger partial charge in [-0.3, -0.25) is 4.90 Å². The van der Waals surface area contributed by atoms with E-state index in [1.807, 2.05) is 6.92 Å². The van der Waals surface area contributed by atoms with E-state index in [0.29, 0.717) is 13.1 Å². The Hall–Kier alpha value is -0.130. The highest BCUT2D eigenvalue weighted by molar-refractivity contribution is 7.90. The van der Waals surface area contributed by atoms with Gasteiger partial charge >= 0.3 is 0 Å². The van der Waals surface area contributed by atoms with E-state index in [2.05, 4.69) is 0 Å². The Bertz CT molecular complexity index is 189.